The Morgan fingerprint density at radius 1 is 0.276 bits per heavy atom. The summed E-state index contributed by atoms with van der Waals surface area (Å²) in [4.78, 5) is 38.0. The molecular formula is C70H110O6. The maximum atomic E-state index is 12.8. The number of carbonyl (C=O) groups excluding carboxylic acids is 3. The van der Waals surface area contributed by atoms with Gasteiger partial charge in [0.1, 0.15) is 13.2 Å². The Kier molecular flexibility index (Phi) is 58.5. The predicted octanol–water partition coefficient (Wildman–Crippen LogP) is 20.9. The summed E-state index contributed by atoms with van der Waals surface area (Å²) in [6.45, 7) is 6.31. The van der Waals surface area contributed by atoms with Gasteiger partial charge >= 0.3 is 17.9 Å². The zero-order valence-electron chi connectivity index (χ0n) is 48.7. The Bertz CT molecular complexity index is 1720. The number of ether oxygens (including phenoxy) is 3. The van der Waals surface area contributed by atoms with E-state index in [1.54, 1.807) is 0 Å². The summed E-state index contributed by atoms with van der Waals surface area (Å²) in [5.74, 6) is -0.948. The van der Waals surface area contributed by atoms with Crippen molar-refractivity contribution in [1.29, 1.82) is 0 Å². The summed E-state index contributed by atoms with van der Waals surface area (Å²) in [6, 6.07) is 0. The van der Waals surface area contributed by atoms with Crippen molar-refractivity contribution < 1.29 is 28.6 Å². The molecule has 0 saturated carbocycles. The molecule has 0 aromatic rings. The Morgan fingerprint density at radius 3 is 0.803 bits per heavy atom. The summed E-state index contributed by atoms with van der Waals surface area (Å²) >= 11 is 0. The average Bonchev–Trinajstić information content (AvgIpc) is 3.42. The summed E-state index contributed by atoms with van der Waals surface area (Å²) in [6.07, 6.45) is 91.2. The van der Waals surface area contributed by atoms with Crippen molar-refractivity contribution in [3.8, 4) is 0 Å². The lowest BCUT2D eigenvalue weighted by Gasteiger charge is -2.18. The molecule has 0 heterocycles. The molecule has 0 aromatic carbocycles. The van der Waals surface area contributed by atoms with Crippen LogP contribution >= 0.6 is 0 Å². The molecule has 0 aliphatic rings. The normalized spacial score (nSPS) is 13.2. The lowest BCUT2D eigenvalue weighted by molar-refractivity contribution is -0.167. The maximum absolute atomic E-state index is 12.8. The molecule has 0 bridgehead atoms. The number of carbonyl (C=O) groups is 3. The van der Waals surface area contributed by atoms with Crippen LogP contribution in [0.1, 0.15) is 245 Å². The summed E-state index contributed by atoms with van der Waals surface area (Å²) < 4.78 is 16.8. The van der Waals surface area contributed by atoms with Crippen LogP contribution in [-0.2, 0) is 28.6 Å². The molecule has 1 atom stereocenters. The van der Waals surface area contributed by atoms with Gasteiger partial charge in [-0.2, -0.15) is 0 Å². The third-order valence-corrected chi connectivity index (χ3v) is 12.3. The zero-order chi connectivity index (χ0) is 55.0. The number of hydrogen-bond acceptors (Lipinski definition) is 6. The molecule has 0 aliphatic carbocycles. The molecule has 0 spiro atoms. The molecule has 0 amide bonds. The van der Waals surface area contributed by atoms with Crippen LogP contribution in [0, 0.1) is 0 Å². The molecule has 0 saturated heterocycles. The van der Waals surface area contributed by atoms with Gasteiger partial charge in [0.25, 0.3) is 0 Å². The third kappa shape index (κ3) is 59.9. The van der Waals surface area contributed by atoms with Crippen LogP contribution in [0.2, 0.25) is 0 Å². The van der Waals surface area contributed by atoms with E-state index >= 15 is 0 Å². The van der Waals surface area contributed by atoms with Gasteiger partial charge in [-0.15, -0.1) is 0 Å². The van der Waals surface area contributed by atoms with Gasteiger partial charge in [0.15, 0.2) is 6.10 Å². The zero-order valence-corrected chi connectivity index (χ0v) is 48.7. The van der Waals surface area contributed by atoms with E-state index in [1.165, 1.54) is 32.1 Å². The van der Waals surface area contributed by atoms with Gasteiger partial charge in [0, 0.05) is 19.3 Å². The lowest BCUT2D eigenvalue weighted by atomic mass is 10.1. The number of hydrogen-bond donors (Lipinski definition) is 0. The SMILES string of the molecule is CC/C=C\C/C=C\C/C=C\C/C=C\C/C=C\C/C=C\C/C=C\CCCCCCCC(=O)OCC(COC(=O)CCCCCCCC)OC(=O)CCCCCCCC/C=C\C/C=C\C/C=C\C/C=C\C/C=C\C/C=C\CC. The van der Waals surface area contributed by atoms with Crippen LogP contribution in [0.5, 0.6) is 0 Å². The second-order valence-electron chi connectivity index (χ2n) is 19.5. The quantitative estimate of drug-likeness (QED) is 0.0261. The molecule has 6 nitrogen and oxygen atoms in total. The first kappa shape index (κ1) is 71.0. The molecule has 426 valence electrons. The number of rotatable bonds is 53. The van der Waals surface area contributed by atoms with E-state index < -0.39 is 6.10 Å². The summed E-state index contributed by atoms with van der Waals surface area (Å²) in [7, 11) is 0. The van der Waals surface area contributed by atoms with Gasteiger partial charge in [0.2, 0.25) is 0 Å². The highest BCUT2D eigenvalue weighted by Gasteiger charge is 2.19. The van der Waals surface area contributed by atoms with Crippen LogP contribution in [0.15, 0.2) is 158 Å². The Hall–Kier alpha value is -4.97. The lowest BCUT2D eigenvalue weighted by Crippen LogP contribution is -2.30. The second-order valence-corrected chi connectivity index (χ2v) is 19.5. The smallest absolute Gasteiger partial charge is 0.306 e. The highest BCUT2D eigenvalue weighted by Crippen LogP contribution is 2.13. The fourth-order valence-corrected chi connectivity index (χ4v) is 7.78. The largest absolute Gasteiger partial charge is 0.462 e. The number of esters is 3. The molecule has 6 heteroatoms. The highest BCUT2D eigenvalue weighted by atomic mass is 16.6. The molecule has 0 aliphatic heterocycles. The van der Waals surface area contributed by atoms with Crippen molar-refractivity contribution in [2.45, 2.75) is 252 Å². The van der Waals surface area contributed by atoms with E-state index in [0.29, 0.717) is 19.3 Å². The minimum Gasteiger partial charge on any atom is -0.462 e. The number of unbranched alkanes of at least 4 members (excludes halogenated alkanes) is 16. The third-order valence-electron chi connectivity index (χ3n) is 12.3. The minimum absolute atomic E-state index is 0.0969. The molecule has 76 heavy (non-hydrogen) atoms. The molecule has 0 N–H and O–H groups in total. The van der Waals surface area contributed by atoms with Crippen molar-refractivity contribution in [3.05, 3.63) is 158 Å². The van der Waals surface area contributed by atoms with Crippen molar-refractivity contribution in [2.75, 3.05) is 13.2 Å². The summed E-state index contributed by atoms with van der Waals surface area (Å²) in [5.41, 5.74) is 0. The van der Waals surface area contributed by atoms with Crippen LogP contribution in [0.3, 0.4) is 0 Å². The first-order valence-electron chi connectivity index (χ1n) is 30.5. The van der Waals surface area contributed by atoms with Crippen molar-refractivity contribution in [3.63, 3.8) is 0 Å². The number of allylic oxidation sites excluding steroid dienone is 26. The molecule has 0 aromatic heterocycles. The fraction of sp³-hybridized carbons (Fsp3) is 0.586. The molecule has 0 fully saturated rings. The van der Waals surface area contributed by atoms with E-state index in [9.17, 15) is 14.4 Å². The second kappa shape index (κ2) is 62.6. The molecule has 0 radical (unpaired) electrons. The highest BCUT2D eigenvalue weighted by molar-refractivity contribution is 5.71. The van der Waals surface area contributed by atoms with Gasteiger partial charge in [-0.25, -0.2) is 0 Å². The first-order valence-corrected chi connectivity index (χ1v) is 30.5. The van der Waals surface area contributed by atoms with Gasteiger partial charge in [-0.1, -0.05) is 256 Å². The van der Waals surface area contributed by atoms with Gasteiger partial charge < -0.3 is 14.2 Å². The van der Waals surface area contributed by atoms with E-state index in [0.717, 1.165) is 173 Å². The Balaban J connectivity index is 4.25. The van der Waals surface area contributed by atoms with Crippen molar-refractivity contribution in [1.82, 2.24) is 0 Å². The molecule has 1 unspecified atom stereocenters. The van der Waals surface area contributed by atoms with E-state index in [-0.39, 0.29) is 31.1 Å². The fourth-order valence-electron chi connectivity index (χ4n) is 7.78. The van der Waals surface area contributed by atoms with Gasteiger partial charge in [0.05, 0.1) is 0 Å². The van der Waals surface area contributed by atoms with Crippen LogP contribution < -0.4 is 0 Å². The molecular weight excluding hydrogens is 937 g/mol. The monoisotopic (exact) mass is 1050 g/mol. The standard InChI is InChI=1S/C70H110O6/c1-4-7-10-13-16-18-20-22-24-26-28-30-32-34-35-37-38-40-42-44-46-48-50-52-54-57-60-63-69(72)75-66-67(65-74-68(71)62-59-56-15-12-9-6-3)76-70(73)64-61-58-55-53-51-49-47-45-43-41-39-36-33-31-29-27-25-23-21-19-17-14-11-8-5-2/h7-8,10-11,16-19,22-25,28-31,34-36,38-40,43-46,67H,4-6,9,12-15,20-21,26-27,32-33,37,41-42,47-66H2,1-3H3/b10-7-,11-8-,18-16-,19-17-,24-22-,25-23-,30-28-,31-29-,35-34-,39-36-,40-38-,45-43-,46-44-. The van der Waals surface area contributed by atoms with E-state index in [4.69, 9.17) is 14.2 Å². The van der Waals surface area contributed by atoms with Crippen LogP contribution in [0.4, 0.5) is 0 Å². The van der Waals surface area contributed by atoms with Crippen molar-refractivity contribution >= 4 is 17.9 Å². The van der Waals surface area contributed by atoms with Crippen molar-refractivity contribution in [2.24, 2.45) is 0 Å². The molecule has 0 rings (SSSR count). The topological polar surface area (TPSA) is 78.9 Å². The van der Waals surface area contributed by atoms with Gasteiger partial charge in [-0.3, -0.25) is 14.4 Å². The average molecular weight is 1050 g/mol. The first-order chi connectivity index (χ1) is 37.5. The van der Waals surface area contributed by atoms with E-state index in [1.807, 2.05) is 0 Å². The van der Waals surface area contributed by atoms with Gasteiger partial charge in [-0.05, 0) is 128 Å². The summed E-state index contributed by atoms with van der Waals surface area (Å²) in [5, 5.41) is 0. The predicted molar refractivity (Wildman–Crippen MR) is 329 cm³/mol. The maximum Gasteiger partial charge on any atom is 0.306 e. The van der Waals surface area contributed by atoms with E-state index in [2.05, 4.69) is 179 Å². The Labute approximate surface area is 467 Å². The Morgan fingerprint density at radius 2 is 0.513 bits per heavy atom. The van der Waals surface area contributed by atoms with Crippen LogP contribution in [0.25, 0.3) is 0 Å². The van der Waals surface area contributed by atoms with Crippen LogP contribution in [-0.4, -0.2) is 37.2 Å². The minimum atomic E-state index is -0.800.